The third kappa shape index (κ3) is 4.75. The predicted molar refractivity (Wildman–Crippen MR) is 85.8 cm³/mol. The fourth-order valence-corrected chi connectivity index (χ4v) is 1.91. The van der Waals surface area contributed by atoms with E-state index in [1.807, 2.05) is 13.8 Å². The van der Waals surface area contributed by atoms with Crippen LogP contribution in [0.5, 0.6) is 0 Å². The summed E-state index contributed by atoms with van der Waals surface area (Å²) in [6, 6.07) is 0. The smallest absolute Gasteiger partial charge is 0.176 e. The Morgan fingerprint density at radius 1 is 0.423 bits per heavy atom. The SMILES string of the molecule is CC.Cc1c(F)c(F)c(Br)c(F)c1F.Cc1c(F)c(F)c(C)c(F)c1F. The molecule has 0 spiro atoms. The van der Waals surface area contributed by atoms with Crippen molar-refractivity contribution >= 4 is 15.9 Å². The Morgan fingerprint density at radius 3 is 0.769 bits per heavy atom. The van der Waals surface area contributed by atoms with Crippen LogP contribution in [0, 0.1) is 67.3 Å². The largest absolute Gasteiger partial charge is 0.203 e. The van der Waals surface area contributed by atoms with Crippen molar-refractivity contribution in [3.63, 3.8) is 0 Å². The van der Waals surface area contributed by atoms with Crippen LogP contribution in [0.25, 0.3) is 0 Å². The zero-order chi connectivity index (χ0) is 20.9. The third-order valence-corrected chi connectivity index (χ3v) is 3.83. The van der Waals surface area contributed by atoms with E-state index in [0.717, 1.165) is 20.8 Å². The van der Waals surface area contributed by atoms with E-state index < -0.39 is 67.7 Å². The van der Waals surface area contributed by atoms with Crippen LogP contribution in [0.15, 0.2) is 4.47 Å². The maximum absolute atomic E-state index is 12.7. The minimum absolute atomic E-state index is 0.629. The lowest BCUT2D eigenvalue weighted by atomic mass is 10.1. The van der Waals surface area contributed by atoms with Gasteiger partial charge in [0, 0.05) is 16.7 Å². The summed E-state index contributed by atoms with van der Waals surface area (Å²) in [4.78, 5) is 0. The molecule has 0 aromatic heterocycles. The second kappa shape index (κ2) is 9.89. The van der Waals surface area contributed by atoms with E-state index >= 15 is 0 Å². The summed E-state index contributed by atoms with van der Waals surface area (Å²) < 4.78 is 100. The van der Waals surface area contributed by atoms with Gasteiger partial charge in [-0.25, -0.2) is 35.1 Å². The van der Waals surface area contributed by atoms with Gasteiger partial charge in [0.2, 0.25) is 0 Å². The van der Waals surface area contributed by atoms with Gasteiger partial charge < -0.3 is 0 Å². The normalized spacial score (nSPS) is 9.92. The van der Waals surface area contributed by atoms with Gasteiger partial charge in [0.15, 0.2) is 46.5 Å². The van der Waals surface area contributed by atoms with Gasteiger partial charge in [-0.2, -0.15) is 0 Å². The van der Waals surface area contributed by atoms with Crippen LogP contribution in [-0.4, -0.2) is 0 Å². The summed E-state index contributed by atoms with van der Waals surface area (Å²) >= 11 is 2.38. The van der Waals surface area contributed by atoms with Crippen LogP contribution in [-0.2, 0) is 0 Å². The van der Waals surface area contributed by atoms with Crippen molar-refractivity contribution in [3.8, 4) is 0 Å². The molecule has 9 heteroatoms. The van der Waals surface area contributed by atoms with Gasteiger partial charge in [0.1, 0.15) is 0 Å². The Kier molecular flexibility index (Phi) is 9.27. The van der Waals surface area contributed by atoms with Crippen LogP contribution in [0.3, 0.4) is 0 Å². The highest BCUT2D eigenvalue weighted by Crippen LogP contribution is 2.27. The number of benzene rings is 2. The molecule has 0 aliphatic carbocycles. The summed E-state index contributed by atoms with van der Waals surface area (Å²) in [6.45, 7) is 6.93. The molecule has 0 radical (unpaired) electrons. The molecule has 0 aliphatic heterocycles. The van der Waals surface area contributed by atoms with E-state index in [0.29, 0.717) is 0 Å². The summed E-state index contributed by atoms with van der Waals surface area (Å²) in [7, 11) is 0. The van der Waals surface area contributed by atoms with Crippen molar-refractivity contribution in [2.24, 2.45) is 0 Å². The van der Waals surface area contributed by atoms with Crippen molar-refractivity contribution < 1.29 is 35.1 Å². The molecule has 146 valence electrons. The third-order valence-electron chi connectivity index (χ3n) is 3.13. The first-order chi connectivity index (χ1) is 11.9. The minimum Gasteiger partial charge on any atom is -0.203 e. The molecule has 0 N–H and O–H groups in total. The Balaban J connectivity index is 0.000000439. The van der Waals surface area contributed by atoms with Crippen molar-refractivity contribution in [1.82, 2.24) is 0 Å². The lowest BCUT2D eigenvalue weighted by molar-refractivity contribution is 0.436. The molecule has 2 aromatic rings. The van der Waals surface area contributed by atoms with E-state index in [2.05, 4.69) is 15.9 Å². The van der Waals surface area contributed by atoms with Gasteiger partial charge in [-0.05, 0) is 36.7 Å². The van der Waals surface area contributed by atoms with Crippen LogP contribution in [0.2, 0.25) is 0 Å². The van der Waals surface area contributed by atoms with Gasteiger partial charge >= 0.3 is 0 Å². The average Bonchev–Trinajstić information content (AvgIpc) is 2.66. The molecule has 0 nitrogen and oxygen atoms in total. The molecule has 0 aliphatic rings. The predicted octanol–water partition coefficient (Wildman–Crippen LogP) is 7.20. The second-order valence-corrected chi connectivity index (χ2v) is 5.49. The number of hydrogen-bond donors (Lipinski definition) is 0. The van der Waals surface area contributed by atoms with E-state index in [1.165, 1.54) is 0 Å². The highest BCUT2D eigenvalue weighted by atomic mass is 79.9. The van der Waals surface area contributed by atoms with E-state index in [1.54, 1.807) is 0 Å². The topological polar surface area (TPSA) is 0 Å². The number of hydrogen-bond acceptors (Lipinski definition) is 0. The first-order valence-electron chi connectivity index (χ1n) is 7.20. The summed E-state index contributed by atoms with van der Waals surface area (Å²) in [5.41, 5.74) is -1.92. The van der Waals surface area contributed by atoms with Crippen LogP contribution in [0.1, 0.15) is 30.5 Å². The average molecular weight is 451 g/mol. The Morgan fingerprint density at radius 2 is 0.577 bits per heavy atom. The molecule has 0 amide bonds. The van der Waals surface area contributed by atoms with Gasteiger partial charge in [-0.1, -0.05) is 13.8 Å². The van der Waals surface area contributed by atoms with E-state index in [4.69, 9.17) is 0 Å². The van der Waals surface area contributed by atoms with Crippen molar-refractivity contribution in [3.05, 3.63) is 67.7 Å². The maximum Gasteiger partial charge on any atom is 0.176 e. The molecule has 0 atom stereocenters. The first kappa shape index (κ1) is 24.4. The van der Waals surface area contributed by atoms with Crippen molar-refractivity contribution in [2.45, 2.75) is 34.6 Å². The fourth-order valence-electron chi connectivity index (χ4n) is 1.57. The van der Waals surface area contributed by atoms with E-state index in [9.17, 15) is 35.1 Å². The highest BCUT2D eigenvalue weighted by molar-refractivity contribution is 9.10. The molecule has 0 heterocycles. The molecular weight excluding hydrogens is 436 g/mol. The Hall–Kier alpha value is -1.64. The summed E-state index contributed by atoms with van der Waals surface area (Å²) in [5.74, 6) is -10.9. The molecule has 26 heavy (non-hydrogen) atoms. The zero-order valence-corrected chi connectivity index (χ0v) is 16.0. The van der Waals surface area contributed by atoms with Crippen LogP contribution in [0.4, 0.5) is 35.1 Å². The Bertz CT molecular complexity index is 525. The van der Waals surface area contributed by atoms with Crippen molar-refractivity contribution in [2.75, 3.05) is 0 Å². The maximum atomic E-state index is 12.7. The lowest BCUT2D eigenvalue weighted by Crippen LogP contribution is -2.02. The summed E-state index contributed by atoms with van der Waals surface area (Å²) in [6.07, 6.45) is 0. The molecular formula is C17H15BrF8. The van der Waals surface area contributed by atoms with Crippen LogP contribution >= 0.6 is 15.9 Å². The Labute approximate surface area is 154 Å². The molecule has 0 bridgehead atoms. The van der Waals surface area contributed by atoms with Gasteiger partial charge in [-0.3, -0.25) is 0 Å². The number of halogens is 9. The second-order valence-electron chi connectivity index (χ2n) is 4.70. The molecule has 2 rings (SSSR count). The fraction of sp³-hybridized carbons (Fsp3) is 0.294. The highest BCUT2D eigenvalue weighted by Gasteiger charge is 2.21. The first-order valence-corrected chi connectivity index (χ1v) is 7.99. The van der Waals surface area contributed by atoms with Crippen LogP contribution < -0.4 is 0 Å². The lowest BCUT2D eigenvalue weighted by Gasteiger charge is -2.04. The van der Waals surface area contributed by atoms with Gasteiger partial charge in [0.25, 0.3) is 0 Å². The molecule has 0 fully saturated rings. The molecule has 0 saturated carbocycles. The molecule has 0 unspecified atom stereocenters. The van der Waals surface area contributed by atoms with E-state index in [-0.39, 0.29) is 0 Å². The summed E-state index contributed by atoms with van der Waals surface area (Å²) in [5, 5.41) is 0. The molecule has 0 saturated heterocycles. The standard InChI is InChI=1S/C8H6F4.C7H3BrF4.C2H6/c1-3-5(9)7(11)4(2)8(12)6(3)10;1-2-4(9)6(11)3(8)7(12)5(2)10;1-2/h1-2H3;1H3;1-2H3. The zero-order valence-electron chi connectivity index (χ0n) is 14.4. The number of rotatable bonds is 0. The van der Waals surface area contributed by atoms with Crippen molar-refractivity contribution in [1.29, 1.82) is 0 Å². The molecule has 2 aromatic carbocycles. The minimum atomic E-state index is -1.41. The van der Waals surface area contributed by atoms with Gasteiger partial charge in [0.05, 0.1) is 4.47 Å². The monoisotopic (exact) mass is 450 g/mol. The van der Waals surface area contributed by atoms with Gasteiger partial charge in [-0.15, -0.1) is 0 Å². The quantitative estimate of drug-likeness (QED) is 0.226.